The van der Waals surface area contributed by atoms with Crippen LogP contribution in [0, 0.1) is 5.92 Å². The van der Waals surface area contributed by atoms with Gasteiger partial charge in [-0.1, -0.05) is 19.3 Å². The highest BCUT2D eigenvalue weighted by Crippen LogP contribution is 2.32. The van der Waals surface area contributed by atoms with Gasteiger partial charge in [-0.05, 0) is 56.7 Å². The number of rotatable bonds is 4. The third-order valence-electron chi connectivity index (χ3n) is 3.58. The molecule has 110 valence electrons. The summed E-state index contributed by atoms with van der Waals surface area (Å²) < 4.78 is 1.54. The Morgan fingerprint density at radius 1 is 1.30 bits per heavy atom. The lowest BCUT2D eigenvalue weighted by Crippen LogP contribution is -2.46. The first kappa shape index (κ1) is 16.0. The number of carbonyl (C=O) groups is 2. The van der Waals surface area contributed by atoms with Crippen molar-refractivity contribution in [3.63, 3.8) is 0 Å². The minimum Gasteiger partial charge on any atom is -0.480 e. The fourth-order valence-corrected chi connectivity index (χ4v) is 5.36. The summed E-state index contributed by atoms with van der Waals surface area (Å²) in [6, 6.07) is 0.900. The normalized spacial score (nSPS) is 17.7. The lowest BCUT2D eigenvalue weighted by atomic mass is 9.84. The molecule has 1 heterocycles. The third-order valence-corrected chi connectivity index (χ3v) is 5.91. The molecule has 1 unspecified atom stereocenters. The number of carbonyl (C=O) groups excluding carboxylic acids is 1. The monoisotopic (exact) mass is 423 g/mol. The van der Waals surface area contributed by atoms with E-state index in [0.29, 0.717) is 9.35 Å². The van der Waals surface area contributed by atoms with Crippen molar-refractivity contribution < 1.29 is 14.7 Å². The van der Waals surface area contributed by atoms with Gasteiger partial charge in [-0.2, -0.15) is 0 Å². The Kier molecular flexibility index (Phi) is 5.63. The molecular formula is C13H15Br2NO3S. The standard InChI is InChI=1S/C13H15Br2NO3S/c14-9-6-8(11(15)20-9)12(17)16-10(13(18)19)7-4-2-1-3-5-7/h6-7,10H,1-5H2,(H,16,17)(H,18,19). The molecule has 0 saturated heterocycles. The molecule has 2 N–H and O–H groups in total. The molecule has 0 radical (unpaired) electrons. The number of halogens is 2. The van der Waals surface area contributed by atoms with Crippen LogP contribution in [0.25, 0.3) is 0 Å². The van der Waals surface area contributed by atoms with Gasteiger partial charge in [-0.3, -0.25) is 4.79 Å². The van der Waals surface area contributed by atoms with Crippen LogP contribution < -0.4 is 5.32 Å². The Balaban J connectivity index is 2.09. The van der Waals surface area contributed by atoms with Crippen molar-refractivity contribution in [2.24, 2.45) is 5.92 Å². The number of hydrogen-bond donors (Lipinski definition) is 2. The summed E-state index contributed by atoms with van der Waals surface area (Å²) in [5, 5.41) is 12.0. The van der Waals surface area contributed by atoms with Gasteiger partial charge in [0.25, 0.3) is 5.91 Å². The van der Waals surface area contributed by atoms with Crippen LogP contribution in [0.15, 0.2) is 13.6 Å². The molecule has 2 rings (SSSR count). The van der Waals surface area contributed by atoms with Crippen LogP contribution in [0.1, 0.15) is 42.5 Å². The molecule has 1 aromatic heterocycles. The largest absolute Gasteiger partial charge is 0.480 e. The van der Waals surface area contributed by atoms with Crippen molar-refractivity contribution in [2.75, 3.05) is 0 Å². The molecule has 0 aromatic carbocycles. The number of aliphatic carboxylic acids is 1. The van der Waals surface area contributed by atoms with Crippen LogP contribution in [0.3, 0.4) is 0 Å². The van der Waals surface area contributed by atoms with Gasteiger partial charge in [-0.15, -0.1) is 11.3 Å². The summed E-state index contributed by atoms with van der Waals surface area (Å²) in [7, 11) is 0. The molecule has 1 aliphatic rings. The fourth-order valence-electron chi connectivity index (χ4n) is 2.56. The van der Waals surface area contributed by atoms with Crippen molar-refractivity contribution in [2.45, 2.75) is 38.1 Å². The summed E-state index contributed by atoms with van der Waals surface area (Å²) in [5.74, 6) is -1.25. The lowest BCUT2D eigenvalue weighted by molar-refractivity contribution is -0.141. The number of carboxylic acids is 1. The van der Waals surface area contributed by atoms with Gasteiger partial charge in [0, 0.05) is 0 Å². The predicted molar refractivity (Wildman–Crippen MR) is 85.2 cm³/mol. The molecule has 1 fully saturated rings. The predicted octanol–water partition coefficient (Wildman–Crippen LogP) is 4.04. The third kappa shape index (κ3) is 3.83. The summed E-state index contributed by atoms with van der Waals surface area (Å²) in [6.45, 7) is 0. The van der Waals surface area contributed by atoms with E-state index in [0.717, 1.165) is 35.9 Å². The van der Waals surface area contributed by atoms with Gasteiger partial charge in [0.1, 0.15) is 6.04 Å². The van der Waals surface area contributed by atoms with Crippen LogP contribution in [0.2, 0.25) is 0 Å². The maximum absolute atomic E-state index is 12.2. The summed E-state index contributed by atoms with van der Waals surface area (Å²) >= 11 is 8.03. The Morgan fingerprint density at radius 3 is 2.45 bits per heavy atom. The van der Waals surface area contributed by atoms with Gasteiger partial charge >= 0.3 is 5.97 Å². The van der Waals surface area contributed by atoms with Gasteiger partial charge in [-0.25, -0.2) is 4.79 Å². The Hall–Kier alpha value is -0.400. The number of carboxylic acid groups (broad SMARTS) is 1. The van der Waals surface area contributed by atoms with Gasteiger partial charge in [0.15, 0.2) is 0 Å². The molecule has 1 saturated carbocycles. The summed E-state index contributed by atoms with van der Waals surface area (Å²) in [4.78, 5) is 23.6. The Morgan fingerprint density at radius 2 is 1.95 bits per heavy atom. The van der Waals surface area contributed by atoms with Gasteiger partial charge < -0.3 is 10.4 Å². The zero-order valence-corrected chi connectivity index (χ0v) is 14.7. The lowest BCUT2D eigenvalue weighted by Gasteiger charge is -2.27. The van der Waals surface area contributed by atoms with Crippen molar-refractivity contribution in [3.8, 4) is 0 Å². The van der Waals surface area contributed by atoms with Crippen molar-refractivity contribution in [1.82, 2.24) is 5.32 Å². The van der Waals surface area contributed by atoms with Gasteiger partial charge in [0.05, 0.1) is 13.1 Å². The fraction of sp³-hybridized carbons (Fsp3) is 0.538. The number of hydrogen-bond acceptors (Lipinski definition) is 3. The van der Waals surface area contributed by atoms with E-state index in [1.165, 1.54) is 11.3 Å². The molecule has 0 aliphatic heterocycles. The summed E-state index contributed by atoms with van der Waals surface area (Å²) in [5.41, 5.74) is 0.476. The molecule has 1 atom stereocenters. The molecule has 0 bridgehead atoms. The Bertz CT molecular complexity index is 512. The second kappa shape index (κ2) is 7.04. The van der Waals surface area contributed by atoms with Crippen molar-refractivity contribution in [1.29, 1.82) is 0 Å². The second-order valence-electron chi connectivity index (χ2n) is 4.93. The van der Waals surface area contributed by atoms with E-state index in [-0.39, 0.29) is 11.8 Å². The molecule has 0 spiro atoms. The smallest absolute Gasteiger partial charge is 0.326 e. The molecular weight excluding hydrogens is 410 g/mol. The van der Waals surface area contributed by atoms with Crippen LogP contribution in [0.5, 0.6) is 0 Å². The maximum atomic E-state index is 12.2. The molecule has 20 heavy (non-hydrogen) atoms. The SMILES string of the molecule is O=C(NC(C(=O)O)C1CCCCC1)c1cc(Br)sc1Br. The van der Waals surface area contributed by atoms with Crippen LogP contribution in [0.4, 0.5) is 0 Å². The summed E-state index contributed by atoms with van der Waals surface area (Å²) in [6.07, 6.45) is 4.97. The van der Waals surface area contributed by atoms with E-state index in [1.807, 2.05) is 0 Å². The number of thiophene rings is 1. The highest BCUT2D eigenvalue weighted by molar-refractivity contribution is 9.12. The first-order chi connectivity index (χ1) is 9.49. The maximum Gasteiger partial charge on any atom is 0.326 e. The van der Waals surface area contributed by atoms with Crippen molar-refractivity contribution in [3.05, 3.63) is 19.2 Å². The first-order valence-electron chi connectivity index (χ1n) is 6.47. The molecule has 1 amide bonds. The second-order valence-corrected chi connectivity index (χ2v) is 8.67. The van der Waals surface area contributed by atoms with E-state index in [4.69, 9.17) is 0 Å². The van der Waals surface area contributed by atoms with E-state index >= 15 is 0 Å². The zero-order chi connectivity index (χ0) is 14.7. The minimum absolute atomic E-state index is 0.0334. The molecule has 4 nitrogen and oxygen atoms in total. The van der Waals surface area contributed by atoms with Crippen LogP contribution in [-0.4, -0.2) is 23.0 Å². The minimum atomic E-state index is -0.948. The van der Waals surface area contributed by atoms with E-state index in [2.05, 4.69) is 37.2 Å². The highest BCUT2D eigenvalue weighted by Gasteiger charge is 2.31. The zero-order valence-electron chi connectivity index (χ0n) is 10.7. The van der Waals surface area contributed by atoms with E-state index < -0.39 is 12.0 Å². The molecule has 7 heteroatoms. The quantitative estimate of drug-likeness (QED) is 0.766. The number of amides is 1. The van der Waals surface area contributed by atoms with Crippen LogP contribution >= 0.6 is 43.2 Å². The van der Waals surface area contributed by atoms with Crippen LogP contribution in [-0.2, 0) is 4.79 Å². The topological polar surface area (TPSA) is 66.4 Å². The van der Waals surface area contributed by atoms with E-state index in [1.54, 1.807) is 6.07 Å². The van der Waals surface area contributed by atoms with E-state index in [9.17, 15) is 14.7 Å². The number of nitrogens with one attached hydrogen (secondary N) is 1. The Labute approximate surface area is 138 Å². The average Bonchev–Trinajstić information content (AvgIpc) is 2.75. The van der Waals surface area contributed by atoms with Crippen molar-refractivity contribution >= 4 is 55.1 Å². The highest BCUT2D eigenvalue weighted by atomic mass is 79.9. The first-order valence-corrected chi connectivity index (χ1v) is 8.88. The van der Waals surface area contributed by atoms with Gasteiger partial charge in [0.2, 0.25) is 0 Å². The molecule has 1 aliphatic carbocycles. The molecule has 1 aromatic rings. The average molecular weight is 425 g/mol.